The van der Waals surface area contributed by atoms with E-state index in [2.05, 4.69) is 45.0 Å². The highest BCUT2D eigenvalue weighted by Gasteiger charge is 2.27. The third kappa shape index (κ3) is 3.73. The van der Waals surface area contributed by atoms with Crippen molar-refractivity contribution >= 4 is 0 Å². The molecule has 0 heterocycles. The second-order valence-corrected chi connectivity index (χ2v) is 6.12. The first kappa shape index (κ1) is 14.4. The van der Waals surface area contributed by atoms with Crippen LogP contribution in [0.3, 0.4) is 0 Å². The summed E-state index contributed by atoms with van der Waals surface area (Å²) < 4.78 is 6.08. The summed E-state index contributed by atoms with van der Waals surface area (Å²) >= 11 is 0. The van der Waals surface area contributed by atoms with Crippen LogP contribution in [0.15, 0.2) is 24.3 Å². The summed E-state index contributed by atoms with van der Waals surface area (Å²) in [5, 5.41) is 0. The maximum atomic E-state index is 6.16. The zero-order valence-electron chi connectivity index (χ0n) is 12.4. The predicted molar refractivity (Wildman–Crippen MR) is 80.6 cm³/mol. The molecule has 19 heavy (non-hydrogen) atoms. The number of rotatable bonds is 4. The smallest absolute Gasteiger partial charge is 0.119 e. The molecular formula is C17H27NO. The fourth-order valence-electron chi connectivity index (χ4n) is 2.77. The van der Waals surface area contributed by atoms with E-state index in [9.17, 15) is 0 Å². The summed E-state index contributed by atoms with van der Waals surface area (Å²) in [6.07, 6.45) is 4.74. The molecule has 1 aromatic rings. The van der Waals surface area contributed by atoms with Crippen LogP contribution in [0.2, 0.25) is 0 Å². The molecule has 106 valence electrons. The van der Waals surface area contributed by atoms with Crippen LogP contribution in [-0.2, 0) is 0 Å². The van der Waals surface area contributed by atoms with E-state index in [4.69, 9.17) is 10.5 Å². The Morgan fingerprint density at radius 2 is 1.95 bits per heavy atom. The zero-order valence-corrected chi connectivity index (χ0v) is 12.4. The minimum absolute atomic E-state index is 0.179. The Labute approximate surface area is 117 Å². The van der Waals surface area contributed by atoms with E-state index in [1.807, 2.05) is 0 Å². The van der Waals surface area contributed by atoms with Gasteiger partial charge in [-0.05, 0) is 55.2 Å². The van der Waals surface area contributed by atoms with Crippen LogP contribution in [0.4, 0.5) is 0 Å². The first-order valence-electron chi connectivity index (χ1n) is 7.62. The molecule has 0 spiro atoms. The van der Waals surface area contributed by atoms with E-state index < -0.39 is 0 Å². The van der Waals surface area contributed by atoms with Gasteiger partial charge < -0.3 is 10.5 Å². The van der Waals surface area contributed by atoms with E-state index in [0.29, 0.717) is 5.92 Å². The van der Waals surface area contributed by atoms with Crippen molar-refractivity contribution in [1.29, 1.82) is 0 Å². The van der Waals surface area contributed by atoms with Crippen LogP contribution >= 0.6 is 0 Å². The molecule has 4 unspecified atom stereocenters. The lowest BCUT2D eigenvalue weighted by molar-refractivity contribution is 0.108. The van der Waals surface area contributed by atoms with E-state index in [1.165, 1.54) is 18.4 Å². The molecule has 0 bridgehead atoms. The van der Waals surface area contributed by atoms with Gasteiger partial charge in [0.15, 0.2) is 0 Å². The van der Waals surface area contributed by atoms with Crippen molar-refractivity contribution in [2.75, 3.05) is 0 Å². The molecule has 2 nitrogen and oxygen atoms in total. The van der Waals surface area contributed by atoms with Gasteiger partial charge in [-0.15, -0.1) is 0 Å². The monoisotopic (exact) mass is 261 g/mol. The van der Waals surface area contributed by atoms with Gasteiger partial charge in [-0.2, -0.15) is 0 Å². The molecule has 1 aliphatic carbocycles. The van der Waals surface area contributed by atoms with Crippen molar-refractivity contribution in [3.8, 4) is 5.75 Å². The van der Waals surface area contributed by atoms with Crippen molar-refractivity contribution in [3.05, 3.63) is 29.8 Å². The van der Waals surface area contributed by atoms with Crippen LogP contribution in [-0.4, -0.2) is 12.1 Å². The number of hydrogen-bond acceptors (Lipinski definition) is 2. The topological polar surface area (TPSA) is 35.2 Å². The van der Waals surface area contributed by atoms with Crippen LogP contribution in [0.25, 0.3) is 0 Å². The second kappa shape index (κ2) is 6.42. The molecule has 2 N–H and O–H groups in total. The fourth-order valence-corrected chi connectivity index (χ4v) is 2.77. The van der Waals surface area contributed by atoms with Crippen molar-refractivity contribution < 1.29 is 4.74 Å². The van der Waals surface area contributed by atoms with Crippen molar-refractivity contribution in [2.24, 2.45) is 11.7 Å². The molecule has 1 aromatic carbocycles. The molecule has 1 aliphatic rings. The van der Waals surface area contributed by atoms with E-state index in [-0.39, 0.29) is 12.1 Å². The predicted octanol–water partition coefficient (Wildman–Crippen LogP) is 4.09. The van der Waals surface area contributed by atoms with Gasteiger partial charge in [0, 0.05) is 6.04 Å². The molecule has 0 aromatic heterocycles. The quantitative estimate of drug-likeness (QED) is 0.885. The Morgan fingerprint density at radius 1 is 1.26 bits per heavy atom. The van der Waals surface area contributed by atoms with Gasteiger partial charge in [-0.3, -0.25) is 0 Å². The molecule has 1 fully saturated rings. The Balaban J connectivity index is 1.98. The van der Waals surface area contributed by atoms with Gasteiger partial charge in [0.25, 0.3) is 0 Å². The van der Waals surface area contributed by atoms with Crippen LogP contribution in [0, 0.1) is 5.92 Å². The lowest BCUT2D eigenvalue weighted by Gasteiger charge is -2.32. The largest absolute Gasteiger partial charge is 0.489 e. The van der Waals surface area contributed by atoms with Crippen molar-refractivity contribution in [2.45, 2.75) is 64.5 Å². The summed E-state index contributed by atoms with van der Waals surface area (Å²) in [4.78, 5) is 0. The van der Waals surface area contributed by atoms with E-state index >= 15 is 0 Å². The number of ether oxygens (including phenoxy) is 1. The molecule has 0 saturated heterocycles. The first-order valence-corrected chi connectivity index (χ1v) is 7.62. The Morgan fingerprint density at radius 3 is 2.58 bits per heavy atom. The molecule has 1 saturated carbocycles. The van der Waals surface area contributed by atoms with Gasteiger partial charge in [-0.25, -0.2) is 0 Å². The number of benzene rings is 1. The zero-order chi connectivity index (χ0) is 13.8. The molecule has 2 heteroatoms. The molecule has 0 amide bonds. The van der Waals surface area contributed by atoms with Crippen LogP contribution in [0.5, 0.6) is 5.75 Å². The van der Waals surface area contributed by atoms with Gasteiger partial charge in [-0.1, -0.05) is 32.9 Å². The van der Waals surface area contributed by atoms with Crippen LogP contribution < -0.4 is 10.5 Å². The first-order chi connectivity index (χ1) is 9.10. The second-order valence-electron chi connectivity index (χ2n) is 6.12. The van der Waals surface area contributed by atoms with Gasteiger partial charge in [0.1, 0.15) is 11.9 Å². The highest BCUT2D eigenvalue weighted by atomic mass is 16.5. The van der Waals surface area contributed by atoms with Gasteiger partial charge in [0.2, 0.25) is 0 Å². The SMILES string of the molecule is CCC(C)c1ccc(OC2CC(C)CCC2N)cc1. The lowest BCUT2D eigenvalue weighted by Crippen LogP contribution is -2.43. The summed E-state index contributed by atoms with van der Waals surface area (Å²) in [5.41, 5.74) is 7.55. The highest BCUT2D eigenvalue weighted by molar-refractivity contribution is 5.29. The molecule has 4 atom stereocenters. The Kier molecular flexibility index (Phi) is 4.87. The third-order valence-electron chi connectivity index (χ3n) is 4.45. The number of nitrogens with two attached hydrogens (primary N) is 1. The third-order valence-corrected chi connectivity index (χ3v) is 4.45. The molecular weight excluding hydrogens is 234 g/mol. The van der Waals surface area contributed by atoms with E-state index in [0.717, 1.165) is 24.5 Å². The van der Waals surface area contributed by atoms with Gasteiger partial charge in [0.05, 0.1) is 0 Å². The summed E-state index contributed by atoms with van der Waals surface area (Å²) in [7, 11) is 0. The standard InChI is InChI=1S/C17H27NO/c1-4-13(3)14-6-8-15(9-7-14)19-17-11-12(2)5-10-16(17)18/h6-9,12-13,16-17H,4-5,10-11,18H2,1-3H3. The summed E-state index contributed by atoms with van der Waals surface area (Å²) in [5.74, 6) is 2.30. The average Bonchev–Trinajstić information content (AvgIpc) is 2.43. The Hall–Kier alpha value is -1.02. The molecule has 0 radical (unpaired) electrons. The minimum atomic E-state index is 0.179. The lowest BCUT2D eigenvalue weighted by atomic mass is 9.85. The highest BCUT2D eigenvalue weighted by Crippen LogP contribution is 2.28. The Bertz CT molecular complexity index is 387. The molecule has 2 rings (SSSR count). The van der Waals surface area contributed by atoms with Crippen molar-refractivity contribution in [3.63, 3.8) is 0 Å². The maximum Gasteiger partial charge on any atom is 0.119 e. The van der Waals surface area contributed by atoms with Crippen molar-refractivity contribution in [1.82, 2.24) is 0 Å². The summed E-state index contributed by atoms with van der Waals surface area (Å²) in [6.45, 7) is 6.76. The van der Waals surface area contributed by atoms with Crippen LogP contribution in [0.1, 0.15) is 57.9 Å². The fraction of sp³-hybridized carbons (Fsp3) is 0.647. The average molecular weight is 261 g/mol. The maximum absolute atomic E-state index is 6.16. The number of hydrogen-bond donors (Lipinski definition) is 1. The van der Waals surface area contributed by atoms with E-state index in [1.54, 1.807) is 0 Å². The normalized spacial score (nSPS) is 28.9. The summed E-state index contributed by atoms with van der Waals surface area (Å²) in [6, 6.07) is 8.73. The minimum Gasteiger partial charge on any atom is -0.489 e. The van der Waals surface area contributed by atoms with Gasteiger partial charge >= 0.3 is 0 Å². The molecule has 0 aliphatic heterocycles.